The van der Waals surface area contributed by atoms with Gasteiger partial charge in [0, 0.05) is 50.0 Å². The van der Waals surface area contributed by atoms with Crippen molar-refractivity contribution in [2.75, 3.05) is 37.6 Å². The number of nitrogens with one attached hydrogen (secondary N) is 3. The number of anilines is 1. The molecule has 2 heterocycles. The van der Waals surface area contributed by atoms with Crippen molar-refractivity contribution in [3.8, 4) is 0 Å². The molecule has 0 spiro atoms. The average Bonchev–Trinajstić information content (AvgIpc) is 2.67. The second-order valence-corrected chi connectivity index (χ2v) is 6.99. The van der Waals surface area contributed by atoms with Crippen LogP contribution in [0.15, 0.2) is 29.8 Å². The van der Waals surface area contributed by atoms with E-state index in [0.717, 1.165) is 75.6 Å². The predicted octanol–water partition coefficient (Wildman–Crippen LogP) is 2.70. The standard InChI is InChI=1S/C20H30FN5/c1-3-9-22-15(2)16-5-6-19(18(21)14-16)26-12-7-17(8-13-26)25-20-23-10-4-11-24-20/h5-6,14,17,22H,2-4,7-13H2,1H3,(H2,23,24,25). The highest BCUT2D eigenvalue weighted by Crippen LogP contribution is 2.25. The molecule has 0 radical (unpaired) electrons. The third kappa shape index (κ3) is 4.68. The van der Waals surface area contributed by atoms with Crippen molar-refractivity contribution in [1.29, 1.82) is 0 Å². The fraction of sp³-hybridized carbons (Fsp3) is 0.550. The molecular formula is C20H30FN5. The van der Waals surface area contributed by atoms with E-state index in [0.29, 0.717) is 11.7 Å². The number of hydrogen-bond donors (Lipinski definition) is 3. The predicted molar refractivity (Wildman–Crippen MR) is 107 cm³/mol. The highest BCUT2D eigenvalue weighted by Gasteiger charge is 2.22. The van der Waals surface area contributed by atoms with Gasteiger partial charge in [-0.1, -0.05) is 19.6 Å². The molecule has 0 atom stereocenters. The summed E-state index contributed by atoms with van der Waals surface area (Å²) in [4.78, 5) is 6.60. The lowest BCUT2D eigenvalue weighted by Crippen LogP contribution is -2.50. The highest BCUT2D eigenvalue weighted by atomic mass is 19.1. The molecular weight excluding hydrogens is 329 g/mol. The van der Waals surface area contributed by atoms with Crippen molar-refractivity contribution < 1.29 is 4.39 Å². The SMILES string of the molecule is C=C(NCCC)c1ccc(N2CCC(NC3=NCCCN3)CC2)c(F)c1. The summed E-state index contributed by atoms with van der Waals surface area (Å²) >= 11 is 0. The molecule has 0 amide bonds. The van der Waals surface area contributed by atoms with Gasteiger partial charge in [-0.25, -0.2) is 4.39 Å². The summed E-state index contributed by atoms with van der Waals surface area (Å²) in [6, 6.07) is 5.82. The van der Waals surface area contributed by atoms with Crippen LogP contribution in [0.3, 0.4) is 0 Å². The zero-order valence-corrected chi connectivity index (χ0v) is 15.7. The molecule has 1 aromatic rings. The number of guanidine groups is 1. The van der Waals surface area contributed by atoms with E-state index in [1.165, 1.54) is 0 Å². The Morgan fingerprint density at radius 3 is 2.85 bits per heavy atom. The summed E-state index contributed by atoms with van der Waals surface area (Å²) in [5.41, 5.74) is 2.28. The summed E-state index contributed by atoms with van der Waals surface area (Å²) in [6.07, 6.45) is 4.07. The fourth-order valence-electron chi connectivity index (χ4n) is 3.42. The van der Waals surface area contributed by atoms with Crippen LogP contribution in [0.5, 0.6) is 0 Å². The first-order valence-corrected chi connectivity index (χ1v) is 9.70. The molecule has 3 rings (SSSR count). The minimum atomic E-state index is -0.174. The normalized spacial score (nSPS) is 18.1. The Hall–Kier alpha value is -2.24. The van der Waals surface area contributed by atoms with Gasteiger partial charge in [0.2, 0.25) is 0 Å². The quantitative estimate of drug-likeness (QED) is 0.731. The zero-order valence-electron chi connectivity index (χ0n) is 15.7. The molecule has 6 heteroatoms. The second kappa shape index (κ2) is 8.92. The first-order chi connectivity index (χ1) is 12.7. The van der Waals surface area contributed by atoms with Crippen molar-refractivity contribution in [2.45, 2.75) is 38.6 Å². The average molecular weight is 359 g/mol. The Labute approximate surface area is 155 Å². The molecule has 0 bridgehead atoms. The number of halogens is 1. The largest absolute Gasteiger partial charge is 0.385 e. The molecule has 1 fully saturated rings. The lowest BCUT2D eigenvalue weighted by molar-refractivity contribution is 0.454. The minimum absolute atomic E-state index is 0.174. The van der Waals surface area contributed by atoms with Crippen LogP contribution >= 0.6 is 0 Å². The van der Waals surface area contributed by atoms with Crippen molar-refractivity contribution in [3.05, 3.63) is 36.2 Å². The van der Waals surface area contributed by atoms with Crippen molar-refractivity contribution in [2.24, 2.45) is 4.99 Å². The third-order valence-electron chi connectivity index (χ3n) is 4.96. The van der Waals surface area contributed by atoms with E-state index in [-0.39, 0.29) is 5.82 Å². The maximum atomic E-state index is 14.6. The first kappa shape index (κ1) is 18.5. The number of hydrogen-bond acceptors (Lipinski definition) is 5. The molecule has 5 nitrogen and oxygen atoms in total. The molecule has 1 aromatic carbocycles. The topological polar surface area (TPSA) is 51.7 Å². The summed E-state index contributed by atoms with van der Waals surface area (Å²) in [5.74, 6) is 0.745. The Morgan fingerprint density at radius 2 is 2.19 bits per heavy atom. The van der Waals surface area contributed by atoms with Crippen LogP contribution < -0.4 is 20.9 Å². The molecule has 1 saturated heterocycles. The van der Waals surface area contributed by atoms with Crippen LogP contribution in [0.25, 0.3) is 5.70 Å². The van der Waals surface area contributed by atoms with Gasteiger partial charge in [0.05, 0.1) is 5.69 Å². The van der Waals surface area contributed by atoms with Gasteiger partial charge in [0.1, 0.15) is 5.82 Å². The molecule has 0 aromatic heterocycles. The Bertz CT molecular complexity index is 650. The lowest BCUT2D eigenvalue weighted by Gasteiger charge is -2.35. The van der Waals surface area contributed by atoms with Gasteiger partial charge in [-0.2, -0.15) is 0 Å². The molecule has 0 aliphatic carbocycles. The molecule has 2 aliphatic heterocycles. The van der Waals surface area contributed by atoms with Crippen LogP contribution in [0.2, 0.25) is 0 Å². The smallest absolute Gasteiger partial charge is 0.191 e. The number of nitrogens with zero attached hydrogens (tertiary/aromatic N) is 2. The van der Waals surface area contributed by atoms with Crippen LogP contribution in [0.1, 0.15) is 38.2 Å². The van der Waals surface area contributed by atoms with Crippen molar-refractivity contribution in [3.63, 3.8) is 0 Å². The molecule has 0 unspecified atom stereocenters. The Balaban J connectivity index is 1.55. The lowest BCUT2D eigenvalue weighted by atomic mass is 10.0. The summed E-state index contributed by atoms with van der Waals surface area (Å²) in [7, 11) is 0. The Morgan fingerprint density at radius 1 is 1.38 bits per heavy atom. The van der Waals surface area contributed by atoms with Crippen LogP contribution in [-0.4, -0.2) is 44.7 Å². The number of aliphatic imine (C=N–C) groups is 1. The van der Waals surface area contributed by atoms with Gasteiger partial charge < -0.3 is 20.9 Å². The maximum absolute atomic E-state index is 14.6. The van der Waals surface area contributed by atoms with Gasteiger partial charge in [0.15, 0.2) is 5.96 Å². The molecule has 2 aliphatic rings. The van der Waals surface area contributed by atoms with E-state index in [1.54, 1.807) is 6.07 Å². The van der Waals surface area contributed by atoms with E-state index >= 15 is 0 Å². The summed E-state index contributed by atoms with van der Waals surface area (Å²) < 4.78 is 14.6. The minimum Gasteiger partial charge on any atom is -0.385 e. The van der Waals surface area contributed by atoms with Crippen molar-refractivity contribution in [1.82, 2.24) is 16.0 Å². The van der Waals surface area contributed by atoms with E-state index in [2.05, 4.69) is 39.3 Å². The van der Waals surface area contributed by atoms with Gasteiger partial charge >= 0.3 is 0 Å². The number of benzene rings is 1. The monoisotopic (exact) mass is 359 g/mol. The second-order valence-electron chi connectivity index (χ2n) is 6.99. The molecule has 142 valence electrons. The van der Waals surface area contributed by atoms with Gasteiger partial charge in [-0.15, -0.1) is 0 Å². The maximum Gasteiger partial charge on any atom is 0.191 e. The van der Waals surface area contributed by atoms with E-state index in [4.69, 9.17) is 0 Å². The van der Waals surface area contributed by atoms with Crippen molar-refractivity contribution >= 4 is 17.3 Å². The van der Waals surface area contributed by atoms with Gasteiger partial charge in [0.25, 0.3) is 0 Å². The zero-order chi connectivity index (χ0) is 18.4. The third-order valence-corrected chi connectivity index (χ3v) is 4.96. The van der Waals surface area contributed by atoms with Crippen LogP contribution in [0, 0.1) is 5.82 Å². The van der Waals surface area contributed by atoms with Gasteiger partial charge in [-0.3, -0.25) is 4.99 Å². The van der Waals surface area contributed by atoms with E-state index < -0.39 is 0 Å². The fourth-order valence-corrected chi connectivity index (χ4v) is 3.42. The number of piperidine rings is 1. The Kier molecular flexibility index (Phi) is 6.36. The van der Waals surface area contributed by atoms with E-state index in [9.17, 15) is 4.39 Å². The van der Waals surface area contributed by atoms with Gasteiger partial charge in [-0.05, 0) is 37.8 Å². The van der Waals surface area contributed by atoms with E-state index in [1.807, 2.05) is 12.1 Å². The van der Waals surface area contributed by atoms with Crippen LogP contribution in [0.4, 0.5) is 10.1 Å². The molecule has 26 heavy (non-hydrogen) atoms. The van der Waals surface area contributed by atoms with Crippen LogP contribution in [-0.2, 0) is 0 Å². The first-order valence-electron chi connectivity index (χ1n) is 9.70. The molecule has 0 saturated carbocycles. The number of rotatable bonds is 6. The summed E-state index contributed by atoms with van der Waals surface area (Å²) in [6.45, 7) is 10.5. The summed E-state index contributed by atoms with van der Waals surface area (Å²) in [5, 5.41) is 10.0. The highest BCUT2D eigenvalue weighted by molar-refractivity contribution is 5.80. The molecule has 3 N–H and O–H groups in total.